The topological polar surface area (TPSA) is 55.0 Å². The van der Waals surface area contributed by atoms with E-state index in [9.17, 15) is 4.79 Å². The van der Waals surface area contributed by atoms with Gasteiger partial charge in [-0.05, 0) is 36.4 Å². The molecule has 0 spiro atoms. The van der Waals surface area contributed by atoms with E-state index in [1.54, 1.807) is 30.3 Å². The summed E-state index contributed by atoms with van der Waals surface area (Å²) in [7, 11) is 0. The molecule has 1 N–H and O–H groups in total. The Morgan fingerprint density at radius 3 is 2.78 bits per heavy atom. The molecule has 0 fully saturated rings. The molecule has 0 atom stereocenters. The standard InChI is InChI=1S/C17H10Cl2N2O2/c1-2-7-23-17(22)11-4-6-14-15(9-11)21-16(20-14)10-3-5-12(18)13(19)8-10/h1,3-6,8-9H,7H2,(H,20,21). The second-order valence-corrected chi connectivity index (χ2v) is 5.54. The van der Waals surface area contributed by atoms with Crippen LogP contribution in [0.4, 0.5) is 0 Å². The quantitative estimate of drug-likeness (QED) is 0.568. The number of carbonyl (C=O) groups is 1. The largest absolute Gasteiger partial charge is 0.449 e. The summed E-state index contributed by atoms with van der Waals surface area (Å²) < 4.78 is 4.91. The number of ether oxygens (including phenoxy) is 1. The summed E-state index contributed by atoms with van der Waals surface area (Å²) in [6.07, 6.45) is 5.07. The van der Waals surface area contributed by atoms with Gasteiger partial charge in [-0.2, -0.15) is 0 Å². The third-order valence-electron chi connectivity index (χ3n) is 3.20. The Morgan fingerprint density at radius 1 is 1.22 bits per heavy atom. The number of nitrogens with one attached hydrogen (secondary N) is 1. The van der Waals surface area contributed by atoms with Crippen molar-refractivity contribution in [2.24, 2.45) is 0 Å². The van der Waals surface area contributed by atoms with E-state index in [0.717, 1.165) is 11.1 Å². The Kier molecular flexibility index (Phi) is 4.24. The smallest absolute Gasteiger partial charge is 0.339 e. The van der Waals surface area contributed by atoms with Gasteiger partial charge in [0.2, 0.25) is 0 Å². The Labute approximate surface area is 142 Å². The summed E-state index contributed by atoms with van der Waals surface area (Å²) in [6.45, 7) is -0.0611. The lowest BCUT2D eigenvalue weighted by Gasteiger charge is -2.00. The molecule has 0 aliphatic carbocycles. The van der Waals surface area contributed by atoms with Gasteiger partial charge in [-0.15, -0.1) is 6.42 Å². The van der Waals surface area contributed by atoms with Gasteiger partial charge in [0.1, 0.15) is 5.82 Å². The molecule has 2 aromatic carbocycles. The number of benzene rings is 2. The van der Waals surface area contributed by atoms with Crippen molar-refractivity contribution >= 4 is 40.2 Å². The highest BCUT2D eigenvalue weighted by atomic mass is 35.5. The van der Waals surface area contributed by atoms with E-state index in [2.05, 4.69) is 15.9 Å². The van der Waals surface area contributed by atoms with Crippen LogP contribution in [0.25, 0.3) is 22.4 Å². The van der Waals surface area contributed by atoms with Crippen molar-refractivity contribution in [2.45, 2.75) is 0 Å². The monoisotopic (exact) mass is 344 g/mol. The van der Waals surface area contributed by atoms with Crippen LogP contribution < -0.4 is 0 Å². The van der Waals surface area contributed by atoms with Crippen LogP contribution in [0.1, 0.15) is 10.4 Å². The molecule has 0 aliphatic rings. The van der Waals surface area contributed by atoms with Crippen LogP contribution >= 0.6 is 23.2 Å². The fraction of sp³-hybridized carbons (Fsp3) is 0.0588. The summed E-state index contributed by atoms with van der Waals surface area (Å²) in [5.74, 6) is 2.41. The first-order valence-electron chi connectivity index (χ1n) is 6.64. The van der Waals surface area contributed by atoms with Gasteiger partial charge in [0, 0.05) is 5.56 Å². The third-order valence-corrected chi connectivity index (χ3v) is 3.94. The second-order valence-electron chi connectivity index (χ2n) is 4.73. The van der Waals surface area contributed by atoms with E-state index in [1.165, 1.54) is 0 Å². The fourth-order valence-electron chi connectivity index (χ4n) is 2.11. The zero-order valence-electron chi connectivity index (χ0n) is 11.8. The molecule has 0 amide bonds. The van der Waals surface area contributed by atoms with Crippen molar-refractivity contribution in [3.8, 4) is 23.7 Å². The molecule has 3 rings (SSSR count). The van der Waals surface area contributed by atoms with Crippen molar-refractivity contribution in [1.82, 2.24) is 9.97 Å². The fourth-order valence-corrected chi connectivity index (χ4v) is 2.41. The van der Waals surface area contributed by atoms with Crippen molar-refractivity contribution < 1.29 is 9.53 Å². The number of fused-ring (bicyclic) bond motifs is 1. The molecule has 3 aromatic rings. The number of halogens is 2. The minimum Gasteiger partial charge on any atom is -0.449 e. The van der Waals surface area contributed by atoms with Crippen LogP contribution in [0, 0.1) is 12.3 Å². The number of imidazole rings is 1. The summed E-state index contributed by atoms with van der Waals surface area (Å²) in [5, 5.41) is 0.924. The molecule has 23 heavy (non-hydrogen) atoms. The zero-order valence-corrected chi connectivity index (χ0v) is 13.3. The number of aromatic amines is 1. The van der Waals surface area contributed by atoms with Crippen molar-refractivity contribution in [2.75, 3.05) is 6.61 Å². The third kappa shape index (κ3) is 3.16. The van der Waals surface area contributed by atoms with Crippen LogP contribution in [-0.2, 0) is 4.74 Å². The lowest BCUT2D eigenvalue weighted by molar-refractivity contribution is 0.0557. The number of rotatable bonds is 3. The number of nitrogens with zero attached hydrogens (tertiary/aromatic N) is 1. The minimum atomic E-state index is -0.476. The van der Waals surface area contributed by atoms with E-state index in [0.29, 0.717) is 26.9 Å². The zero-order chi connectivity index (χ0) is 16.4. The number of hydrogen-bond donors (Lipinski definition) is 1. The highest BCUT2D eigenvalue weighted by molar-refractivity contribution is 6.42. The second kappa shape index (κ2) is 6.33. The molecule has 114 valence electrons. The van der Waals surface area contributed by atoms with E-state index in [1.807, 2.05) is 6.07 Å². The highest BCUT2D eigenvalue weighted by Gasteiger charge is 2.11. The molecular formula is C17H10Cl2N2O2. The van der Waals surface area contributed by atoms with Gasteiger partial charge in [-0.25, -0.2) is 9.78 Å². The molecule has 4 nitrogen and oxygen atoms in total. The number of carbonyl (C=O) groups excluding carboxylic acids is 1. The van der Waals surface area contributed by atoms with Crippen LogP contribution in [0.3, 0.4) is 0 Å². The molecule has 0 radical (unpaired) electrons. The average Bonchev–Trinajstić information content (AvgIpc) is 2.98. The van der Waals surface area contributed by atoms with Gasteiger partial charge in [-0.1, -0.05) is 29.1 Å². The van der Waals surface area contributed by atoms with E-state index >= 15 is 0 Å². The van der Waals surface area contributed by atoms with Crippen molar-refractivity contribution in [1.29, 1.82) is 0 Å². The summed E-state index contributed by atoms with van der Waals surface area (Å²) in [6, 6.07) is 10.3. The molecule has 0 aliphatic heterocycles. The molecule has 6 heteroatoms. The molecule has 1 heterocycles. The normalized spacial score (nSPS) is 10.5. The van der Waals surface area contributed by atoms with Crippen molar-refractivity contribution in [3.63, 3.8) is 0 Å². The molecule has 0 bridgehead atoms. The maximum absolute atomic E-state index is 11.8. The summed E-state index contributed by atoms with van der Waals surface area (Å²) in [4.78, 5) is 19.4. The number of terminal acetylenes is 1. The number of H-pyrrole nitrogens is 1. The number of esters is 1. The summed E-state index contributed by atoms with van der Waals surface area (Å²) >= 11 is 11.9. The van der Waals surface area contributed by atoms with Crippen LogP contribution in [0.15, 0.2) is 36.4 Å². The number of aromatic nitrogens is 2. The minimum absolute atomic E-state index is 0.0611. The van der Waals surface area contributed by atoms with Crippen LogP contribution in [-0.4, -0.2) is 22.5 Å². The maximum atomic E-state index is 11.8. The Bertz CT molecular complexity index is 941. The first kappa shape index (κ1) is 15.4. The van der Waals surface area contributed by atoms with Gasteiger partial charge in [-0.3, -0.25) is 0 Å². The first-order valence-corrected chi connectivity index (χ1v) is 7.40. The van der Waals surface area contributed by atoms with Gasteiger partial charge in [0.25, 0.3) is 0 Å². The predicted octanol–water partition coefficient (Wildman–Crippen LogP) is 4.33. The summed E-state index contributed by atoms with van der Waals surface area (Å²) in [5.41, 5.74) is 2.63. The molecular weight excluding hydrogens is 335 g/mol. The number of hydrogen-bond acceptors (Lipinski definition) is 3. The highest BCUT2D eigenvalue weighted by Crippen LogP contribution is 2.28. The lowest BCUT2D eigenvalue weighted by atomic mass is 10.2. The first-order chi connectivity index (χ1) is 11.1. The van der Waals surface area contributed by atoms with E-state index < -0.39 is 5.97 Å². The van der Waals surface area contributed by atoms with Crippen LogP contribution in [0.5, 0.6) is 0 Å². The predicted molar refractivity (Wildman–Crippen MR) is 90.7 cm³/mol. The molecule has 1 aromatic heterocycles. The van der Waals surface area contributed by atoms with Gasteiger partial charge >= 0.3 is 5.97 Å². The van der Waals surface area contributed by atoms with Gasteiger partial charge in [0.15, 0.2) is 6.61 Å². The Balaban J connectivity index is 1.97. The molecule has 0 saturated carbocycles. The van der Waals surface area contributed by atoms with Gasteiger partial charge in [0.05, 0.1) is 26.6 Å². The molecule has 0 unspecified atom stereocenters. The van der Waals surface area contributed by atoms with Crippen LogP contribution in [0.2, 0.25) is 10.0 Å². The van der Waals surface area contributed by atoms with E-state index in [-0.39, 0.29) is 6.61 Å². The maximum Gasteiger partial charge on any atom is 0.339 e. The Hall–Kier alpha value is -2.48. The van der Waals surface area contributed by atoms with E-state index in [4.69, 9.17) is 34.4 Å². The Morgan fingerprint density at radius 2 is 2.04 bits per heavy atom. The van der Waals surface area contributed by atoms with Crippen molar-refractivity contribution in [3.05, 3.63) is 52.0 Å². The average molecular weight is 345 g/mol. The lowest BCUT2D eigenvalue weighted by Crippen LogP contribution is -2.04. The SMILES string of the molecule is C#CCOC(=O)c1ccc2nc(-c3ccc(Cl)c(Cl)c3)[nH]c2c1. The van der Waals surface area contributed by atoms with Gasteiger partial charge < -0.3 is 9.72 Å². The molecule has 0 saturated heterocycles.